The summed E-state index contributed by atoms with van der Waals surface area (Å²) in [5.74, 6) is 0. The van der Waals surface area contributed by atoms with Crippen molar-refractivity contribution in [2.75, 3.05) is 6.54 Å². The summed E-state index contributed by atoms with van der Waals surface area (Å²) in [5.41, 5.74) is 0. The van der Waals surface area contributed by atoms with Crippen LogP contribution in [0.3, 0.4) is 0 Å². The van der Waals surface area contributed by atoms with Crippen molar-refractivity contribution in [1.82, 2.24) is 5.32 Å². The fraction of sp³-hybridized carbons (Fsp3) is 0.750. The van der Waals surface area contributed by atoms with Crippen LogP contribution in [0, 0.1) is 0 Å². The lowest BCUT2D eigenvalue weighted by molar-refractivity contribution is 0.154. The highest BCUT2D eigenvalue weighted by Crippen LogP contribution is 2.10. The standard InChI is InChI=1S/C8H15NO/c1-2-8(10)7-5-3-4-6-9-7/h2,7-10H,1,3-6H2. The third-order valence-corrected chi connectivity index (χ3v) is 2.00. The van der Waals surface area contributed by atoms with E-state index in [-0.39, 0.29) is 12.1 Å². The van der Waals surface area contributed by atoms with E-state index in [0.717, 1.165) is 13.0 Å². The topological polar surface area (TPSA) is 32.3 Å². The molecule has 2 nitrogen and oxygen atoms in total. The molecule has 0 saturated carbocycles. The first kappa shape index (κ1) is 7.76. The number of hydrogen-bond donors (Lipinski definition) is 2. The van der Waals surface area contributed by atoms with Crippen molar-refractivity contribution >= 4 is 0 Å². The first-order chi connectivity index (χ1) is 4.84. The molecule has 0 bridgehead atoms. The number of aliphatic hydroxyl groups excluding tert-OH is 1. The molecule has 0 amide bonds. The Balaban J connectivity index is 2.30. The summed E-state index contributed by atoms with van der Waals surface area (Å²) in [6.45, 7) is 4.58. The third kappa shape index (κ3) is 1.82. The Morgan fingerprint density at radius 2 is 2.40 bits per heavy atom. The van der Waals surface area contributed by atoms with Gasteiger partial charge in [-0.25, -0.2) is 0 Å². The summed E-state index contributed by atoms with van der Waals surface area (Å²) in [7, 11) is 0. The number of aliphatic hydroxyl groups is 1. The average molecular weight is 141 g/mol. The van der Waals surface area contributed by atoms with E-state index >= 15 is 0 Å². The van der Waals surface area contributed by atoms with E-state index < -0.39 is 0 Å². The summed E-state index contributed by atoms with van der Waals surface area (Å²) < 4.78 is 0. The highest BCUT2D eigenvalue weighted by Gasteiger charge is 2.17. The minimum Gasteiger partial charge on any atom is -0.387 e. The van der Waals surface area contributed by atoms with Gasteiger partial charge >= 0.3 is 0 Å². The van der Waals surface area contributed by atoms with Crippen LogP contribution < -0.4 is 5.32 Å². The lowest BCUT2D eigenvalue weighted by Crippen LogP contribution is -2.42. The molecule has 0 aromatic carbocycles. The molecule has 0 aromatic rings. The smallest absolute Gasteiger partial charge is 0.0871 e. The second-order valence-corrected chi connectivity index (χ2v) is 2.78. The average Bonchev–Trinajstić information content (AvgIpc) is 2.05. The summed E-state index contributed by atoms with van der Waals surface area (Å²) >= 11 is 0. The maximum absolute atomic E-state index is 9.30. The predicted octanol–water partition coefficient (Wildman–Crippen LogP) is 0.675. The minimum absolute atomic E-state index is 0.256. The number of hydrogen-bond acceptors (Lipinski definition) is 2. The van der Waals surface area contributed by atoms with E-state index in [1.54, 1.807) is 6.08 Å². The van der Waals surface area contributed by atoms with Crippen LogP contribution in [-0.2, 0) is 0 Å². The largest absolute Gasteiger partial charge is 0.387 e. The molecule has 0 radical (unpaired) electrons. The molecule has 0 aliphatic carbocycles. The zero-order chi connectivity index (χ0) is 7.40. The number of piperidine rings is 1. The quantitative estimate of drug-likeness (QED) is 0.554. The van der Waals surface area contributed by atoms with Crippen molar-refractivity contribution in [2.24, 2.45) is 0 Å². The van der Waals surface area contributed by atoms with E-state index in [0.29, 0.717) is 0 Å². The van der Waals surface area contributed by atoms with Crippen molar-refractivity contribution in [3.05, 3.63) is 12.7 Å². The Labute approximate surface area is 61.9 Å². The molecule has 1 saturated heterocycles. The van der Waals surface area contributed by atoms with Crippen LogP contribution in [0.2, 0.25) is 0 Å². The van der Waals surface area contributed by atoms with Gasteiger partial charge in [-0.1, -0.05) is 12.5 Å². The fourth-order valence-electron chi connectivity index (χ4n) is 1.33. The minimum atomic E-state index is -0.361. The Morgan fingerprint density at radius 1 is 1.60 bits per heavy atom. The first-order valence-electron chi connectivity index (χ1n) is 3.88. The molecule has 10 heavy (non-hydrogen) atoms. The maximum Gasteiger partial charge on any atom is 0.0871 e. The van der Waals surface area contributed by atoms with Crippen LogP contribution in [0.25, 0.3) is 0 Å². The molecular weight excluding hydrogens is 126 g/mol. The molecule has 0 aromatic heterocycles. The van der Waals surface area contributed by atoms with Crippen molar-refractivity contribution < 1.29 is 5.11 Å². The van der Waals surface area contributed by atoms with Crippen LogP contribution in [0.5, 0.6) is 0 Å². The molecule has 1 aliphatic rings. The molecule has 1 fully saturated rings. The van der Waals surface area contributed by atoms with Crippen LogP contribution in [0.4, 0.5) is 0 Å². The molecule has 2 heteroatoms. The van der Waals surface area contributed by atoms with E-state index in [1.165, 1.54) is 12.8 Å². The van der Waals surface area contributed by atoms with Crippen molar-refractivity contribution in [3.63, 3.8) is 0 Å². The van der Waals surface area contributed by atoms with Gasteiger partial charge in [0.2, 0.25) is 0 Å². The van der Waals surface area contributed by atoms with Crippen LogP contribution in [-0.4, -0.2) is 23.8 Å². The molecule has 1 heterocycles. The normalized spacial score (nSPS) is 29.5. The van der Waals surface area contributed by atoms with Gasteiger partial charge in [0, 0.05) is 6.04 Å². The molecule has 2 atom stereocenters. The van der Waals surface area contributed by atoms with Gasteiger partial charge in [-0.2, -0.15) is 0 Å². The molecular formula is C8H15NO. The van der Waals surface area contributed by atoms with Gasteiger partial charge < -0.3 is 10.4 Å². The van der Waals surface area contributed by atoms with E-state index in [1.807, 2.05) is 0 Å². The van der Waals surface area contributed by atoms with Gasteiger partial charge in [0.1, 0.15) is 0 Å². The predicted molar refractivity (Wildman–Crippen MR) is 41.8 cm³/mol. The fourth-order valence-corrected chi connectivity index (χ4v) is 1.33. The van der Waals surface area contributed by atoms with Gasteiger partial charge in [0.25, 0.3) is 0 Å². The highest BCUT2D eigenvalue weighted by molar-refractivity contribution is 4.90. The SMILES string of the molecule is C=CC(O)C1CCCCN1. The van der Waals surface area contributed by atoms with Gasteiger partial charge in [-0.05, 0) is 19.4 Å². The Bertz CT molecular complexity index is 108. The Morgan fingerprint density at radius 3 is 2.90 bits per heavy atom. The summed E-state index contributed by atoms with van der Waals surface area (Å²) in [6.07, 6.45) is 4.78. The second kappa shape index (κ2) is 3.74. The van der Waals surface area contributed by atoms with Crippen molar-refractivity contribution in [3.8, 4) is 0 Å². The summed E-state index contributed by atoms with van der Waals surface area (Å²) in [5, 5.41) is 12.6. The van der Waals surface area contributed by atoms with Gasteiger partial charge in [0.15, 0.2) is 0 Å². The van der Waals surface area contributed by atoms with Crippen LogP contribution >= 0.6 is 0 Å². The van der Waals surface area contributed by atoms with Gasteiger partial charge in [-0.15, -0.1) is 6.58 Å². The van der Waals surface area contributed by atoms with Gasteiger partial charge in [0.05, 0.1) is 6.10 Å². The van der Waals surface area contributed by atoms with Gasteiger partial charge in [-0.3, -0.25) is 0 Å². The molecule has 58 valence electrons. The molecule has 1 rings (SSSR count). The van der Waals surface area contributed by atoms with E-state index in [9.17, 15) is 5.11 Å². The zero-order valence-electron chi connectivity index (χ0n) is 6.21. The maximum atomic E-state index is 9.30. The highest BCUT2D eigenvalue weighted by atomic mass is 16.3. The molecule has 2 N–H and O–H groups in total. The van der Waals surface area contributed by atoms with Crippen LogP contribution in [0.1, 0.15) is 19.3 Å². The first-order valence-corrected chi connectivity index (χ1v) is 3.88. The zero-order valence-corrected chi connectivity index (χ0v) is 6.21. The van der Waals surface area contributed by atoms with Crippen LogP contribution in [0.15, 0.2) is 12.7 Å². The van der Waals surface area contributed by atoms with E-state index in [2.05, 4.69) is 11.9 Å². The summed E-state index contributed by atoms with van der Waals surface area (Å²) in [4.78, 5) is 0. The third-order valence-electron chi connectivity index (χ3n) is 2.00. The lowest BCUT2D eigenvalue weighted by atomic mass is 10.0. The molecule has 1 aliphatic heterocycles. The number of nitrogens with one attached hydrogen (secondary N) is 1. The van der Waals surface area contributed by atoms with Crippen molar-refractivity contribution in [2.45, 2.75) is 31.4 Å². The second-order valence-electron chi connectivity index (χ2n) is 2.78. The lowest BCUT2D eigenvalue weighted by Gasteiger charge is -2.25. The van der Waals surface area contributed by atoms with Crippen molar-refractivity contribution in [1.29, 1.82) is 0 Å². The number of rotatable bonds is 2. The molecule has 2 unspecified atom stereocenters. The van der Waals surface area contributed by atoms with E-state index in [4.69, 9.17) is 0 Å². The Kier molecular flexibility index (Phi) is 2.90. The monoisotopic (exact) mass is 141 g/mol. The molecule has 0 spiro atoms. The Hall–Kier alpha value is -0.340. The summed E-state index contributed by atoms with van der Waals surface area (Å²) in [6, 6.07) is 0.256.